The first-order valence-corrected chi connectivity index (χ1v) is 11.3. The lowest BCUT2D eigenvalue weighted by Crippen LogP contribution is -2.37. The van der Waals surface area contributed by atoms with Crippen molar-refractivity contribution in [3.05, 3.63) is 28.8 Å². The number of aromatic hydroxyl groups is 1. The summed E-state index contributed by atoms with van der Waals surface area (Å²) in [4.78, 5) is 25.3. The molecule has 1 aromatic rings. The number of carbonyl (C=O) groups is 2. The number of alkyl halides is 3. The number of carbonyl (C=O) groups excluding carboxylic acids is 2. The number of rotatable bonds is 6. The van der Waals surface area contributed by atoms with E-state index in [2.05, 4.69) is 10.5 Å². The van der Waals surface area contributed by atoms with Crippen molar-refractivity contribution >= 4 is 17.4 Å². The third kappa shape index (κ3) is 6.04. The Morgan fingerprint density at radius 3 is 2.55 bits per heavy atom. The average molecular weight is 470 g/mol. The smallest absolute Gasteiger partial charge is 0.452 e. The topological polar surface area (TPSA) is 102 Å². The molecule has 7 nitrogen and oxygen atoms in total. The molecule has 1 aromatic carbocycles. The van der Waals surface area contributed by atoms with Crippen LogP contribution < -0.4 is 5.32 Å². The van der Waals surface area contributed by atoms with Gasteiger partial charge in [0, 0.05) is 25.6 Å². The maximum atomic E-state index is 13.2. The van der Waals surface area contributed by atoms with Crippen LogP contribution in [0.15, 0.2) is 17.3 Å². The van der Waals surface area contributed by atoms with Gasteiger partial charge in [0.2, 0.25) is 5.91 Å². The Hall–Kier alpha value is -2.62. The third-order valence-corrected chi connectivity index (χ3v) is 6.60. The lowest BCUT2D eigenvalue weighted by molar-refractivity contribution is -0.173. The van der Waals surface area contributed by atoms with Gasteiger partial charge < -0.3 is 20.5 Å². The second-order valence-electron chi connectivity index (χ2n) is 8.81. The number of nitrogens with one attached hydrogen (secondary N) is 1. The Bertz CT molecular complexity index is 909. The zero-order chi connectivity index (χ0) is 24.2. The number of hydrogen-bond acceptors (Lipinski definition) is 6. The molecular weight excluding hydrogens is 439 g/mol. The van der Waals surface area contributed by atoms with Crippen molar-refractivity contribution in [1.29, 1.82) is 0 Å². The molecule has 2 aliphatic rings. The summed E-state index contributed by atoms with van der Waals surface area (Å²) < 4.78 is 39.5. The van der Waals surface area contributed by atoms with Gasteiger partial charge in [-0.15, -0.1) is 0 Å². The van der Waals surface area contributed by atoms with E-state index in [0.717, 1.165) is 19.3 Å². The fourth-order valence-electron chi connectivity index (χ4n) is 4.73. The molecule has 0 aliphatic carbocycles. The van der Waals surface area contributed by atoms with Crippen molar-refractivity contribution in [3.63, 3.8) is 0 Å². The molecule has 0 radical (unpaired) electrons. The summed E-state index contributed by atoms with van der Waals surface area (Å²) in [5.74, 6) is -1.57. The molecule has 1 fully saturated rings. The van der Waals surface area contributed by atoms with Crippen molar-refractivity contribution in [3.8, 4) is 5.75 Å². The monoisotopic (exact) mass is 469 g/mol. The van der Waals surface area contributed by atoms with Crippen molar-refractivity contribution < 1.29 is 33.1 Å². The predicted molar refractivity (Wildman–Crippen MR) is 115 cm³/mol. The van der Waals surface area contributed by atoms with E-state index in [0.29, 0.717) is 50.3 Å². The van der Waals surface area contributed by atoms with Gasteiger partial charge in [-0.25, -0.2) is 0 Å². The first-order chi connectivity index (χ1) is 15.6. The van der Waals surface area contributed by atoms with Gasteiger partial charge in [-0.3, -0.25) is 9.59 Å². The highest BCUT2D eigenvalue weighted by Crippen LogP contribution is 2.35. The van der Waals surface area contributed by atoms with E-state index in [9.17, 15) is 33.1 Å². The van der Waals surface area contributed by atoms with Gasteiger partial charge in [0.25, 0.3) is 5.78 Å². The average Bonchev–Trinajstić information content (AvgIpc) is 2.97. The molecule has 182 valence electrons. The van der Waals surface area contributed by atoms with Crippen LogP contribution in [0.25, 0.3) is 0 Å². The van der Waals surface area contributed by atoms with Crippen LogP contribution in [0.3, 0.4) is 0 Å². The van der Waals surface area contributed by atoms with Crippen LogP contribution in [-0.2, 0) is 16.0 Å². The zero-order valence-electron chi connectivity index (χ0n) is 18.6. The first-order valence-electron chi connectivity index (χ1n) is 11.3. The van der Waals surface area contributed by atoms with Gasteiger partial charge in [0.15, 0.2) is 0 Å². The minimum absolute atomic E-state index is 0.0682. The molecule has 0 saturated carbocycles. The minimum atomic E-state index is -5.00. The second-order valence-corrected chi connectivity index (χ2v) is 8.81. The van der Waals surface area contributed by atoms with Crippen molar-refractivity contribution in [2.24, 2.45) is 11.1 Å². The van der Waals surface area contributed by atoms with Crippen LogP contribution in [0.5, 0.6) is 5.75 Å². The number of ketones is 1. The summed E-state index contributed by atoms with van der Waals surface area (Å²) in [6, 6.07) is 1.16. The maximum absolute atomic E-state index is 13.2. The fraction of sp³-hybridized carbons (Fsp3) is 0.609. The molecule has 3 N–H and O–H groups in total. The molecule has 0 aromatic heterocycles. The van der Waals surface area contributed by atoms with E-state index < -0.39 is 18.0 Å². The van der Waals surface area contributed by atoms with Gasteiger partial charge in [-0.1, -0.05) is 5.16 Å². The molecule has 1 atom stereocenters. The predicted octanol–water partition coefficient (Wildman–Crippen LogP) is 3.71. The van der Waals surface area contributed by atoms with E-state index in [1.807, 2.05) is 4.90 Å². The molecule has 2 heterocycles. The van der Waals surface area contributed by atoms with Gasteiger partial charge in [0.05, 0.1) is 5.71 Å². The standard InChI is InChI=1S/C23H30F3N3O4/c1-14(30)29-10-7-15(8-11-29)4-2-6-19(28-33)18-13-17-16(12-20(18)31)5-3-9-27-21(17)22(32)23(24,25)26/h12-13,15,21,27,31,33H,2-11H2,1H3/b28-19+. The van der Waals surface area contributed by atoms with Crippen molar-refractivity contribution in [2.75, 3.05) is 19.6 Å². The van der Waals surface area contributed by atoms with Crippen LogP contribution in [0.4, 0.5) is 13.2 Å². The molecule has 1 unspecified atom stereocenters. The Balaban J connectivity index is 1.73. The molecule has 1 amide bonds. The Kier molecular flexibility index (Phi) is 7.99. The highest BCUT2D eigenvalue weighted by molar-refractivity contribution is 6.03. The van der Waals surface area contributed by atoms with Gasteiger partial charge >= 0.3 is 6.18 Å². The Morgan fingerprint density at radius 2 is 1.94 bits per heavy atom. The Labute approximate surface area is 190 Å². The first kappa shape index (κ1) is 25.0. The number of halogens is 3. The van der Waals surface area contributed by atoms with E-state index >= 15 is 0 Å². The number of fused-ring (bicyclic) bond motifs is 1. The largest absolute Gasteiger partial charge is 0.507 e. The van der Waals surface area contributed by atoms with Crippen LogP contribution in [-0.4, -0.2) is 58.4 Å². The number of phenolic OH excluding ortho intramolecular Hbond substituents is 1. The SMILES string of the molecule is CC(=O)N1CCC(CCC/C(=N\O)c2cc3c(cc2O)CCCNC3C(=O)C(F)(F)F)CC1. The minimum Gasteiger partial charge on any atom is -0.507 e. The molecular formula is C23H30F3N3O4. The van der Waals surface area contributed by atoms with Crippen LogP contribution in [0.1, 0.15) is 68.2 Å². The summed E-state index contributed by atoms with van der Waals surface area (Å²) in [5.41, 5.74) is 0.920. The fourth-order valence-corrected chi connectivity index (χ4v) is 4.73. The Morgan fingerprint density at radius 1 is 1.24 bits per heavy atom. The highest BCUT2D eigenvalue weighted by atomic mass is 19.4. The third-order valence-electron chi connectivity index (χ3n) is 6.60. The van der Waals surface area contributed by atoms with E-state index in [1.165, 1.54) is 12.1 Å². The summed E-state index contributed by atoms with van der Waals surface area (Å²) in [5, 5.41) is 26.1. The lowest BCUT2D eigenvalue weighted by Gasteiger charge is -2.31. The quantitative estimate of drug-likeness (QED) is 0.335. The number of nitrogens with zero attached hydrogens (tertiary/aromatic N) is 2. The van der Waals surface area contributed by atoms with Gasteiger partial charge in [-0.05, 0) is 80.7 Å². The van der Waals surface area contributed by atoms with Crippen molar-refractivity contribution in [1.82, 2.24) is 10.2 Å². The molecule has 10 heteroatoms. The summed E-state index contributed by atoms with van der Waals surface area (Å²) >= 11 is 0. The maximum Gasteiger partial charge on any atom is 0.452 e. The van der Waals surface area contributed by atoms with E-state index in [-0.39, 0.29) is 35.0 Å². The van der Waals surface area contributed by atoms with Gasteiger partial charge in [-0.2, -0.15) is 13.2 Å². The van der Waals surface area contributed by atoms with E-state index in [4.69, 9.17) is 0 Å². The number of likely N-dealkylation sites (tertiary alicyclic amines) is 1. The summed E-state index contributed by atoms with van der Waals surface area (Å²) in [7, 11) is 0. The molecule has 0 bridgehead atoms. The number of amides is 1. The van der Waals surface area contributed by atoms with Crippen LogP contribution >= 0.6 is 0 Å². The van der Waals surface area contributed by atoms with Crippen molar-refractivity contribution in [2.45, 2.75) is 64.1 Å². The van der Waals surface area contributed by atoms with Gasteiger partial charge in [0.1, 0.15) is 11.8 Å². The molecule has 3 rings (SSSR count). The number of piperidine rings is 1. The number of Topliss-reactive ketones (excluding diaryl/α,β-unsaturated/α-hetero) is 1. The number of hydrogen-bond donors (Lipinski definition) is 3. The molecule has 33 heavy (non-hydrogen) atoms. The van der Waals surface area contributed by atoms with Crippen LogP contribution in [0, 0.1) is 5.92 Å². The van der Waals surface area contributed by atoms with E-state index in [1.54, 1.807) is 6.92 Å². The number of oxime groups is 1. The summed E-state index contributed by atoms with van der Waals surface area (Å²) in [6.45, 7) is 3.22. The number of phenols is 1. The molecule has 1 saturated heterocycles. The number of benzene rings is 1. The molecule has 2 aliphatic heterocycles. The zero-order valence-corrected chi connectivity index (χ0v) is 18.6. The lowest BCUT2D eigenvalue weighted by atomic mass is 9.89. The summed E-state index contributed by atoms with van der Waals surface area (Å²) in [6.07, 6.45) is -0.454. The highest BCUT2D eigenvalue weighted by Gasteiger charge is 2.45. The normalized spacial score (nSPS) is 20.3. The molecule has 0 spiro atoms. The number of aryl methyl sites for hydroxylation is 1. The second kappa shape index (κ2) is 10.5. The van der Waals surface area contributed by atoms with Crippen LogP contribution in [0.2, 0.25) is 0 Å².